The molecule has 150 valence electrons. The largest absolute Gasteiger partial charge is 0.497 e. The second-order valence-electron chi connectivity index (χ2n) is 5.37. The molecule has 0 bridgehead atoms. The molecule has 0 saturated carbocycles. The standard InChI is InChI=1S/C17H17ClN2O7S/c1-19-17(23)12-7-10(26-2)3-5-14(12)20-28(24,25)11-4-6-15(13(18)8-11)27-9-16(21)22/h3-8,20H,9H2,1-2H3,(H,19,23)(H,21,22). The molecule has 11 heteroatoms. The Morgan fingerprint density at radius 2 is 1.89 bits per heavy atom. The predicted octanol–water partition coefficient (Wildman–Crippen LogP) is 1.97. The third kappa shape index (κ3) is 5.05. The van der Waals surface area contributed by atoms with Crippen molar-refractivity contribution in [3.05, 3.63) is 47.0 Å². The molecule has 0 aliphatic carbocycles. The van der Waals surface area contributed by atoms with Gasteiger partial charge in [0, 0.05) is 7.05 Å². The van der Waals surface area contributed by atoms with E-state index in [9.17, 15) is 18.0 Å². The van der Waals surface area contributed by atoms with Crippen LogP contribution in [0.2, 0.25) is 5.02 Å². The van der Waals surface area contributed by atoms with Crippen LogP contribution in [0.25, 0.3) is 0 Å². The quantitative estimate of drug-likeness (QED) is 0.585. The van der Waals surface area contributed by atoms with Gasteiger partial charge in [-0.1, -0.05) is 11.6 Å². The SMILES string of the molecule is CNC(=O)c1cc(OC)ccc1NS(=O)(=O)c1ccc(OCC(=O)O)c(Cl)c1. The fourth-order valence-corrected chi connectivity index (χ4v) is 3.58. The zero-order valence-corrected chi connectivity index (χ0v) is 16.4. The van der Waals surface area contributed by atoms with Gasteiger partial charge in [-0.15, -0.1) is 0 Å². The Hall–Kier alpha value is -2.98. The van der Waals surface area contributed by atoms with Gasteiger partial charge in [0.1, 0.15) is 11.5 Å². The summed E-state index contributed by atoms with van der Waals surface area (Å²) in [4.78, 5) is 22.4. The van der Waals surface area contributed by atoms with Gasteiger partial charge in [0.05, 0.1) is 28.3 Å². The van der Waals surface area contributed by atoms with E-state index in [1.54, 1.807) is 0 Å². The first-order valence-corrected chi connectivity index (χ1v) is 9.61. The minimum Gasteiger partial charge on any atom is -0.497 e. The van der Waals surface area contributed by atoms with Gasteiger partial charge < -0.3 is 19.9 Å². The molecule has 0 heterocycles. The minimum atomic E-state index is -4.09. The van der Waals surface area contributed by atoms with Gasteiger partial charge in [-0.3, -0.25) is 9.52 Å². The first-order valence-electron chi connectivity index (χ1n) is 7.75. The van der Waals surface area contributed by atoms with Gasteiger partial charge in [-0.05, 0) is 36.4 Å². The van der Waals surface area contributed by atoms with Gasteiger partial charge in [0.15, 0.2) is 6.61 Å². The molecule has 3 N–H and O–H groups in total. The second-order valence-corrected chi connectivity index (χ2v) is 7.46. The summed E-state index contributed by atoms with van der Waals surface area (Å²) in [5.41, 5.74) is 0.111. The van der Waals surface area contributed by atoms with E-state index in [1.807, 2.05) is 0 Å². The summed E-state index contributed by atoms with van der Waals surface area (Å²) in [6, 6.07) is 7.85. The highest BCUT2D eigenvalue weighted by molar-refractivity contribution is 7.92. The van der Waals surface area contributed by atoms with Gasteiger partial charge in [0.25, 0.3) is 15.9 Å². The van der Waals surface area contributed by atoms with E-state index in [2.05, 4.69) is 10.0 Å². The summed E-state index contributed by atoms with van der Waals surface area (Å²) >= 11 is 5.97. The molecule has 1 amide bonds. The van der Waals surface area contributed by atoms with E-state index in [1.165, 1.54) is 44.5 Å². The number of aliphatic carboxylic acids is 1. The molecule has 0 aliphatic heterocycles. The monoisotopic (exact) mass is 428 g/mol. The van der Waals surface area contributed by atoms with Crippen molar-refractivity contribution >= 4 is 39.2 Å². The molecule has 9 nitrogen and oxygen atoms in total. The van der Waals surface area contributed by atoms with Crippen LogP contribution < -0.4 is 19.5 Å². The molecular weight excluding hydrogens is 412 g/mol. The number of hydrogen-bond acceptors (Lipinski definition) is 6. The van der Waals surface area contributed by atoms with Crippen molar-refractivity contribution < 1.29 is 32.6 Å². The average molecular weight is 429 g/mol. The highest BCUT2D eigenvalue weighted by atomic mass is 35.5. The lowest BCUT2D eigenvalue weighted by Crippen LogP contribution is -2.22. The van der Waals surface area contributed by atoms with Crippen LogP contribution in [0, 0.1) is 0 Å². The van der Waals surface area contributed by atoms with Crippen molar-refractivity contribution in [1.82, 2.24) is 5.32 Å². The Labute approximate surface area is 166 Å². The second kappa shape index (κ2) is 8.81. The predicted molar refractivity (Wildman–Crippen MR) is 102 cm³/mol. The maximum atomic E-state index is 12.7. The van der Waals surface area contributed by atoms with Crippen molar-refractivity contribution in [3.8, 4) is 11.5 Å². The highest BCUT2D eigenvalue weighted by Gasteiger charge is 2.20. The smallest absolute Gasteiger partial charge is 0.341 e. The van der Waals surface area contributed by atoms with Crippen molar-refractivity contribution in [2.24, 2.45) is 0 Å². The maximum Gasteiger partial charge on any atom is 0.341 e. The third-order valence-corrected chi connectivity index (χ3v) is 5.17. The first-order chi connectivity index (χ1) is 13.2. The summed E-state index contributed by atoms with van der Waals surface area (Å²) in [6.45, 7) is -0.620. The van der Waals surface area contributed by atoms with Crippen LogP contribution in [0.15, 0.2) is 41.3 Å². The number of carboxylic acid groups (broad SMARTS) is 1. The molecule has 0 unspecified atom stereocenters. The number of carbonyl (C=O) groups is 2. The molecule has 2 rings (SSSR count). The topological polar surface area (TPSA) is 131 Å². The lowest BCUT2D eigenvalue weighted by atomic mass is 10.1. The zero-order valence-electron chi connectivity index (χ0n) is 14.9. The Morgan fingerprint density at radius 1 is 1.18 bits per heavy atom. The number of nitrogens with one attached hydrogen (secondary N) is 2. The van der Waals surface area contributed by atoms with E-state index < -0.39 is 28.5 Å². The number of anilines is 1. The van der Waals surface area contributed by atoms with E-state index in [4.69, 9.17) is 26.2 Å². The summed E-state index contributed by atoms with van der Waals surface area (Å²) in [5, 5.41) is 11.0. The van der Waals surface area contributed by atoms with Gasteiger partial charge >= 0.3 is 5.97 Å². The molecule has 0 aliphatic rings. The number of rotatable bonds is 8. The lowest BCUT2D eigenvalue weighted by Gasteiger charge is -2.14. The number of carbonyl (C=O) groups excluding carboxylic acids is 1. The number of benzene rings is 2. The number of amides is 1. The molecule has 0 spiro atoms. The van der Waals surface area contributed by atoms with Gasteiger partial charge in [0.2, 0.25) is 0 Å². The fourth-order valence-electron chi connectivity index (χ4n) is 2.17. The Kier molecular flexibility index (Phi) is 6.71. The maximum absolute atomic E-state index is 12.7. The van der Waals surface area contributed by atoms with Crippen LogP contribution >= 0.6 is 11.6 Å². The fraction of sp³-hybridized carbons (Fsp3) is 0.176. The molecule has 0 aromatic heterocycles. The minimum absolute atomic E-state index is 0.0264. The molecule has 0 saturated heterocycles. The highest BCUT2D eigenvalue weighted by Crippen LogP contribution is 2.29. The molecule has 2 aromatic rings. The molecule has 0 radical (unpaired) electrons. The van der Waals surface area contributed by atoms with Crippen LogP contribution in [0.5, 0.6) is 11.5 Å². The van der Waals surface area contributed by atoms with Crippen molar-refractivity contribution in [2.75, 3.05) is 25.5 Å². The molecule has 2 aromatic carbocycles. The number of sulfonamides is 1. The Bertz CT molecular complexity index is 1010. The van der Waals surface area contributed by atoms with E-state index >= 15 is 0 Å². The van der Waals surface area contributed by atoms with E-state index in [-0.39, 0.29) is 26.9 Å². The van der Waals surface area contributed by atoms with E-state index in [0.29, 0.717) is 5.75 Å². The normalized spacial score (nSPS) is 10.8. The summed E-state index contributed by atoms with van der Waals surface area (Å²) in [7, 11) is -1.26. The summed E-state index contributed by atoms with van der Waals surface area (Å²) < 4.78 is 37.7. The van der Waals surface area contributed by atoms with Gasteiger partial charge in [-0.2, -0.15) is 0 Å². The Balaban J connectivity index is 2.35. The van der Waals surface area contributed by atoms with Crippen molar-refractivity contribution in [2.45, 2.75) is 4.90 Å². The van der Waals surface area contributed by atoms with Gasteiger partial charge in [-0.25, -0.2) is 13.2 Å². The molecular formula is C17H17ClN2O7S. The van der Waals surface area contributed by atoms with E-state index in [0.717, 1.165) is 6.07 Å². The molecule has 0 fully saturated rings. The van der Waals surface area contributed by atoms with Crippen molar-refractivity contribution in [3.63, 3.8) is 0 Å². The number of hydrogen-bond donors (Lipinski definition) is 3. The zero-order chi connectivity index (χ0) is 20.9. The summed E-state index contributed by atoms with van der Waals surface area (Å²) in [6.07, 6.45) is 0. The average Bonchev–Trinajstić information content (AvgIpc) is 2.66. The number of ether oxygens (including phenoxy) is 2. The number of methoxy groups -OCH3 is 1. The summed E-state index contributed by atoms with van der Waals surface area (Å²) in [5.74, 6) is -1.30. The van der Waals surface area contributed by atoms with Crippen LogP contribution in [-0.4, -0.2) is 46.2 Å². The molecule has 0 atom stereocenters. The number of halogens is 1. The van der Waals surface area contributed by atoms with Crippen LogP contribution in [0.3, 0.4) is 0 Å². The first kappa shape index (κ1) is 21.3. The number of carboxylic acids is 1. The molecule has 28 heavy (non-hydrogen) atoms. The van der Waals surface area contributed by atoms with Crippen LogP contribution in [0.1, 0.15) is 10.4 Å². The lowest BCUT2D eigenvalue weighted by molar-refractivity contribution is -0.139. The Morgan fingerprint density at radius 3 is 2.46 bits per heavy atom. The van der Waals surface area contributed by atoms with Crippen molar-refractivity contribution in [1.29, 1.82) is 0 Å². The van der Waals surface area contributed by atoms with Crippen LogP contribution in [0.4, 0.5) is 5.69 Å². The third-order valence-electron chi connectivity index (χ3n) is 3.51. The van der Waals surface area contributed by atoms with Crippen LogP contribution in [-0.2, 0) is 14.8 Å².